The van der Waals surface area contributed by atoms with Crippen molar-refractivity contribution in [1.82, 2.24) is 0 Å². The summed E-state index contributed by atoms with van der Waals surface area (Å²) in [5.74, 6) is -0.950. The number of allylic oxidation sites excluding steroid dienone is 3. The van der Waals surface area contributed by atoms with Crippen LogP contribution in [-0.2, 0) is 25.5 Å². The summed E-state index contributed by atoms with van der Waals surface area (Å²) < 4.78 is 9.78. The topological polar surface area (TPSA) is 52.6 Å². The Kier molecular flexibility index (Phi) is 5.60. The van der Waals surface area contributed by atoms with Gasteiger partial charge in [-0.1, -0.05) is 56.3 Å². The van der Waals surface area contributed by atoms with E-state index in [2.05, 4.69) is 18.2 Å². The van der Waals surface area contributed by atoms with Crippen molar-refractivity contribution in [2.24, 2.45) is 11.3 Å². The van der Waals surface area contributed by atoms with E-state index in [1.165, 1.54) is 19.8 Å². The van der Waals surface area contributed by atoms with Crippen LogP contribution >= 0.6 is 0 Å². The molecule has 0 heterocycles. The van der Waals surface area contributed by atoms with Gasteiger partial charge in [-0.2, -0.15) is 0 Å². The fourth-order valence-electron chi connectivity index (χ4n) is 3.10. The SMILES string of the molecule is COC(=O)C1(C(=O)OC)C=C(C(C)C)/C(=C\Cc2ccccc2)C1. The molecule has 0 spiro atoms. The molecule has 4 heteroatoms. The molecule has 0 unspecified atom stereocenters. The molecule has 1 aromatic carbocycles. The maximum atomic E-state index is 12.3. The van der Waals surface area contributed by atoms with Gasteiger partial charge in [-0.3, -0.25) is 9.59 Å². The number of hydrogen-bond donors (Lipinski definition) is 0. The monoisotopic (exact) mass is 328 g/mol. The van der Waals surface area contributed by atoms with Gasteiger partial charge in [0.1, 0.15) is 0 Å². The molecular formula is C20H24O4. The third-order valence-corrected chi connectivity index (χ3v) is 4.39. The number of ether oxygens (including phenoxy) is 2. The Morgan fingerprint density at radius 3 is 2.21 bits per heavy atom. The Morgan fingerprint density at radius 2 is 1.71 bits per heavy atom. The summed E-state index contributed by atoms with van der Waals surface area (Å²) >= 11 is 0. The molecule has 0 amide bonds. The van der Waals surface area contributed by atoms with E-state index in [0.717, 1.165) is 17.6 Å². The normalized spacial score (nSPS) is 17.7. The highest BCUT2D eigenvalue weighted by atomic mass is 16.5. The molecule has 24 heavy (non-hydrogen) atoms. The van der Waals surface area contributed by atoms with E-state index in [0.29, 0.717) is 0 Å². The zero-order valence-corrected chi connectivity index (χ0v) is 14.7. The van der Waals surface area contributed by atoms with E-state index in [1.807, 2.05) is 32.0 Å². The highest BCUT2D eigenvalue weighted by Crippen LogP contribution is 2.44. The molecule has 0 N–H and O–H groups in total. The van der Waals surface area contributed by atoms with Gasteiger partial charge in [0.2, 0.25) is 0 Å². The van der Waals surface area contributed by atoms with Gasteiger partial charge in [-0.15, -0.1) is 0 Å². The third kappa shape index (κ3) is 3.42. The van der Waals surface area contributed by atoms with Gasteiger partial charge in [0.05, 0.1) is 14.2 Å². The molecule has 1 aliphatic rings. The fourth-order valence-corrected chi connectivity index (χ4v) is 3.10. The fraction of sp³-hybridized carbons (Fsp3) is 0.400. The van der Waals surface area contributed by atoms with Crippen LogP contribution in [0.4, 0.5) is 0 Å². The van der Waals surface area contributed by atoms with Crippen molar-refractivity contribution in [3.8, 4) is 0 Å². The largest absolute Gasteiger partial charge is 0.468 e. The summed E-state index contributed by atoms with van der Waals surface area (Å²) in [4.78, 5) is 24.7. The molecule has 0 saturated carbocycles. The first kappa shape index (κ1) is 18.0. The maximum absolute atomic E-state index is 12.3. The lowest BCUT2D eigenvalue weighted by atomic mass is 9.86. The summed E-state index contributed by atoms with van der Waals surface area (Å²) in [5, 5.41) is 0. The zero-order chi connectivity index (χ0) is 17.7. The van der Waals surface area contributed by atoms with Crippen molar-refractivity contribution in [2.75, 3.05) is 14.2 Å². The van der Waals surface area contributed by atoms with Crippen molar-refractivity contribution in [3.63, 3.8) is 0 Å². The number of benzene rings is 1. The first-order valence-corrected chi connectivity index (χ1v) is 8.07. The minimum Gasteiger partial charge on any atom is -0.468 e. The van der Waals surface area contributed by atoms with Crippen LogP contribution in [0.1, 0.15) is 25.8 Å². The van der Waals surface area contributed by atoms with Crippen LogP contribution in [-0.4, -0.2) is 26.2 Å². The van der Waals surface area contributed by atoms with Crippen LogP contribution in [0.3, 0.4) is 0 Å². The lowest BCUT2D eigenvalue weighted by molar-refractivity contribution is -0.164. The number of methoxy groups -OCH3 is 2. The van der Waals surface area contributed by atoms with Crippen LogP contribution in [0.5, 0.6) is 0 Å². The van der Waals surface area contributed by atoms with E-state index in [1.54, 1.807) is 6.08 Å². The standard InChI is InChI=1S/C20H24O4/c1-14(2)17-13-20(18(21)23-3,19(22)24-4)12-16(17)11-10-15-8-6-5-7-9-15/h5-9,11,13-14H,10,12H2,1-4H3/b16-11-. The molecule has 0 aliphatic heterocycles. The van der Waals surface area contributed by atoms with E-state index < -0.39 is 17.4 Å². The smallest absolute Gasteiger partial charge is 0.327 e. The van der Waals surface area contributed by atoms with Gasteiger partial charge < -0.3 is 9.47 Å². The van der Waals surface area contributed by atoms with Crippen LogP contribution < -0.4 is 0 Å². The molecule has 4 nitrogen and oxygen atoms in total. The lowest BCUT2D eigenvalue weighted by Crippen LogP contribution is -2.38. The minimum absolute atomic E-state index is 0.197. The van der Waals surface area contributed by atoms with E-state index in [-0.39, 0.29) is 12.3 Å². The summed E-state index contributed by atoms with van der Waals surface area (Å²) in [6.07, 6.45) is 4.85. The number of rotatable bonds is 5. The van der Waals surface area contributed by atoms with Crippen LogP contribution in [0.2, 0.25) is 0 Å². The lowest BCUT2D eigenvalue weighted by Gasteiger charge is -2.20. The molecule has 0 aromatic heterocycles. The number of carbonyl (C=O) groups excluding carboxylic acids is 2. The molecular weight excluding hydrogens is 304 g/mol. The Bertz CT molecular complexity index is 652. The van der Waals surface area contributed by atoms with Crippen molar-refractivity contribution in [3.05, 3.63) is 59.2 Å². The summed E-state index contributed by atoms with van der Waals surface area (Å²) in [7, 11) is 2.59. The van der Waals surface area contributed by atoms with Gasteiger partial charge in [0.15, 0.2) is 5.41 Å². The van der Waals surface area contributed by atoms with Gasteiger partial charge in [0, 0.05) is 6.42 Å². The van der Waals surface area contributed by atoms with Gasteiger partial charge in [-0.05, 0) is 29.0 Å². The Balaban J connectivity index is 2.39. The molecule has 1 aromatic rings. The number of carbonyl (C=O) groups is 2. The predicted molar refractivity (Wildman–Crippen MR) is 92.2 cm³/mol. The van der Waals surface area contributed by atoms with Crippen molar-refractivity contribution in [1.29, 1.82) is 0 Å². The minimum atomic E-state index is -1.37. The van der Waals surface area contributed by atoms with Crippen molar-refractivity contribution in [2.45, 2.75) is 26.7 Å². The molecule has 128 valence electrons. The third-order valence-electron chi connectivity index (χ3n) is 4.39. The highest BCUT2D eigenvalue weighted by molar-refractivity contribution is 6.04. The predicted octanol–water partition coefficient (Wildman–Crippen LogP) is 3.47. The first-order valence-electron chi connectivity index (χ1n) is 8.07. The van der Waals surface area contributed by atoms with Crippen LogP contribution in [0, 0.1) is 11.3 Å². The van der Waals surface area contributed by atoms with Gasteiger partial charge in [0.25, 0.3) is 0 Å². The highest BCUT2D eigenvalue weighted by Gasteiger charge is 2.51. The average molecular weight is 328 g/mol. The Labute approximate surface area is 143 Å². The molecule has 2 rings (SSSR count). The molecule has 0 radical (unpaired) electrons. The van der Waals surface area contributed by atoms with E-state index in [9.17, 15) is 9.59 Å². The van der Waals surface area contributed by atoms with Gasteiger partial charge >= 0.3 is 11.9 Å². The number of hydrogen-bond acceptors (Lipinski definition) is 4. The Hall–Kier alpha value is -2.36. The second-order valence-corrected chi connectivity index (χ2v) is 6.30. The molecule has 0 atom stereocenters. The first-order chi connectivity index (χ1) is 11.4. The zero-order valence-electron chi connectivity index (χ0n) is 14.7. The maximum Gasteiger partial charge on any atom is 0.327 e. The van der Waals surface area contributed by atoms with E-state index >= 15 is 0 Å². The summed E-state index contributed by atoms with van der Waals surface area (Å²) in [5.41, 5.74) is 1.82. The molecule has 1 aliphatic carbocycles. The van der Waals surface area contributed by atoms with Crippen LogP contribution in [0.15, 0.2) is 53.6 Å². The second-order valence-electron chi connectivity index (χ2n) is 6.30. The van der Waals surface area contributed by atoms with Crippen molar-refractivity contribution >= 4 is 11.9 Å². The average Bonchev–Trinajstić information content (AvgIpc) is 3.00. The van der Waals surface area contributed by atoms with Gasteiger partial charge in [-0.25, -0.2) is 0 Å². The van der Waals surface area contributed by atoms with Crippen LogP contribution in [0.25, 0.3) is 0 Å². The van der Waals surface area contributed by atoms with E-state index in [4.69, 9.17) is 9.47 Å². The summed E-state index contributed by atoms with van der Waals surface area (Å²) in [6.45, 7) is 4.10. The number of esters is 2. The molecule has 0 fully saturated rings. The molecule has 0 bridgehead atoms. The second kappa shape index (κ2) is 7.47. The molecule has 0 saturated heterocycles. The van der Waals surface area contributed by atoms with Crippen molar-refractivity contribution < 1.29 is 19.1 Å². The summed E-state index contributed by atoms with van der Waals surface area (Å²) in [6, 6.07) is 10.1. The quantitative estimate of drug-likeness (QED) is 0.613. The Morgan fingerprint density at radius 1 is 1.12 bits per heavy atom.